The molecule has 4 nitrogen and oxygen atoms in total. The van der Waals surface area contributed by atoms with E-state index in [0.717, 1.165) is 37.8 Å². The van der Waals surface area contributed by atoms with Crippen molar-refractivity contribution in [3.05, 3.63) is 18.1 Å². The molecule has 1 aliphatic rings. The van der Waals surface area contributed by atoms with Crippen molar-refractivity contribution in [2.45, 2.75) is 32.6 Å². The highest BCUT2D eigenvalue weighted by molar-refractivity contribution is 5.38. The Morgan fingerprint density at radius 3 is 2.82 bits per heavy atom. The molecule has 0 saturated carbocycles. The molecule has 1 aliphatic heterocycles. The predicted molar refractivity (Wildman–Crippen MR) is 70.4 cm³/mol. The van der Waals surface area contributed by atoms with E-state index in [1.165, 1.54) is 6.42 Å². The maximum atomic E-state index is 4.70. The highest BCUT2D eigenvalue weighted by Gasteiger charge is 2.19. The molecule has 94 valence electrons. The van der Waals surface area contributed by atoms with Crippen LogP contribution in [0.25, 0.3) is 0 Å². The Kier molecular flexibility index (Phi) is 3.62. The summed E-state index contributed by atoms with van der Waals surface area (Å²) in [6, 6.07) is 2.01. The third-order valence-corrected chi connectivity index (χ3v) is 2.98. The molecule has 0 atom stereocenters. The van der Waals surface area contributed by atoms with E-state index < -0.39 is 0 Å². The van der Waals surface area contributed by atoms with Gasteiger partial charge in [-0.2, -0.15) is 0 Å². The van der Waals surface area contributed by atoms with Crippen LogP contribution in [0.1, 0.15) is 33.0 Å². The van der Waals surface area contributed by atoms with Crippen LogP contribution in [0, 0.1) is 0 Å². The Bertz CT molecular complexity index is 362. The summed E-state index contributed by atoms with van der Waals surface area (Å²) in [5.41, 5.74) is 0.0140. The minimum Gasteiger partial charge on any atom is -0.355 e. The molecule has 1 fully saturated rings. The molecule has 1 N–H and O–H groups in total. The fourth-order valence-electron chi connectivity index (χ4n) is 1.96. The second-order valence-electron chi connectivity index (χ2n) is 5.58. The summed E-state index contributed by atoms with van der Waals surface area (Å²) in [5.74, 6) is 1.99. The van der Waals surface area contributed by atoms with Crippen LogP contribution >= 0.6 is 0 Å². The number of hydrogen-bond donors (Lipinski definition) is 1. The van der Waals surface area contributed by atoms with Gasteiger partial charge in [-0.05, 0) is 19.0 Å². The molecule has 2 rings (SSSR count). The highest BCUT2D eigenvalue weighted by atomic mass is 15.2. The van der Waals surface area contributed by atoms with E-state index in [9.17, 15) is 0 Å². The Labute approximate surface area is 103 Å². The van der Waals surface area contributed by atoms with Gasteiger partial charge in [-0.3, -0.25) is 0 Å². The van der Waals surface area contributed by atoms with Crippen molar-refractivity contribution in [1.29, 1.82) is 0 Å². The zero-order valence-electron chi connectivity index (χ0n) is 11.0. The third-order valence-electron chi connectivity index (χ3n) is 2.98. The summed E-state index contributed by atoms with van der Waals surface area (Å²) in [6.45, 7) is 10.7. The molecular formula is C13H22N4. The zero-order chi connectivity index (χ0) is 12.3. The van der Waals surface area contributed by atoms with E-state index in [0.29, 0.717) is 0 Å². The fourth-order valence-corrected chi connectivity index (χ4v) is 1.96. The van der Waals surface area contributed by atoms with Crippen molar-refractivity contribution in [3.8, 4) is 0 Å². The maximum absolute atomic E-state index is 4.70. The van der Waals surface area contributed by atoms with Crippen LogP contribution in [0.15, 0.2) is 12.3 Å². The van der Waals surface area contributed by atoms with Crippen LogP contribution in [-0.2, 0) is 5.41 Å². The molecule has 0 aliphatic carbocycles. The molecule has 0 aromatic carbocycles. The van der Waals surface area contributed by atoms with Crippen LogP contribution in [0.2, 0.25) is 0 Å². The molecule has 1 aromatic rings. The zero-order valence-corrected chi connectivity index (χ0v) is 11.0. The van der Waals surface area contributed by atoms with E-state index in [2.05, 4.69) is 36.0 Å². The smallest absolute Gasteiger partial charge is 0.135 e. The van der Waals surface area contributed by atoms with Crippen LogP contribution in [-0.4, -0.2) is 36.1 Å². The first kappa shape index (κ1) is 12.3. The number of hydrogen-bond acceptors (Lipinski definition) is 4. The van der Waals surface area contributed by atoms with Crippen LogP contribution in [0.5, 0.6) is 0 Å². The second kappa shape index (κ2) is 5.00. The fraction of sp³-hybridized carbons (Fsp3) is 0.692. The minimum absolute atomic E-state index is 0.0140. The minimum atomic E-state index is 0.0140. The van der Waals surface area contributed by atoms with Gasteiger partial charge in [-0.1, -0.05) is 20.8 Å². The first-order valence-corrected chi connectivity index (χ1v) is 6.36. The van der Waals surface area contributed by atoms with Gasteiger partial charge in [0.1, 0.15) is 11.6 Å². The summed E-state index contributed by atoms with van der Waals surface area (Å²) in [7, 11) is 0. The number of anilines is 1. The number of nitrogens with zero attached hydrogens (tertiary/aromatic N) is 3. The quantitative estimate of drug-likeness (QED) is 0.801. The standard InChI is InChI=1S/C13H22N4/c1-13(2,3)12-15-7-5-11(16-12)17-9-4-6-14-8-10-17/h5,7,14H,4,6,8-10H2,1-3H3. The first-order chi connectivity index (χ1) is 8.07. The Morgan fingerprint density at radius 2 is 2.06 bits per heavy atom. The van der Waals surface area contributed by atoms with Crippen molar-refractivity contribution in [2.24, 2.45) is 0 Å². The summed E-state index contributed by atoms with van der Waals surface area (Å²) in [5, 5.41) is 3.41. The Balaban J connectivity index is 2.20. The lowest BCUT2D eigenvalue weighted by atomic mass is 9.96. The van der Waals surface area contributed by atoms with Crippen molar-refractivity contribution in [2.75, 3.05) is 31.1 Å². The van der Waals surface area contributed by atoms with Gasteiger partial charge in [0.05, 0.1) is 0 Å². The summed E-state index contributed by atoms with van der Waals surface area (Å²) >= 11 is 0. The van der Waals surface area contributed by atoms with E-state index in [4.69, 9.17) is 4.98 Å². The highest BCUT2D eigenvalue weighted by Crippen LogP contribution is 2.20. The molecular weight excluding hydrogens is 212 g/mol. The molecule has 0 bridgehead atoms. The van der Waals surface area contributed by atoms with Gasteiger partial charge in [-0.25, -0.2) is 9.97 Å². The average Bonchev–Trinajstić information content (AvgIpc) is 2.56. The van der Waals surface area contributed by atoms with E-state index >= 15 is 0 Å². The van der Waals surface area contributed by atoms with Crippen LogP contribution in [0.3, 0.4) is 0 Å². The average molecular weight is 234 g/mol. The van der Waals surface area contributed by atoms with E-state index in [1.54, 1.807) is 0 Å². The first-order valence-electron chi connectivity index (χ1n) is 6.36. The molecule has 4 heteroatoms. The van der Waals surface area contributed by atoms with Crippen molar-refractivity contribution < 1.29 is 0 Å². The second-order valence-corrected chi connectivity index (χ2v) is 5.58. The number of aromatic nitrogens is 2. The molecule has 1 aromatic heterocycles. The number of rotatable bonds is 1. The SMILES string of the molecule is CC(C)(C)c1nccc(N2CCCNCC2)n1. The van der Waals surface area contributed by atoms with E-state index in [1.807, 2.05) is 12.3 Å². The molecule has 0 amide bonds. The lowest BCUT2D eigenvalue weighted by Crippen LogP contribution is -2.29. The normalized spacial score (nSPS) is 17.9. The third kappa shape index (κ3) is 3.16. The number of nitrogens with one attached hydrogen (secondary N) is 1. The Morgan fingerprint density at radius 1 is 1.24 bits per heavy atom. The lowest BCUT2D eigenvalue weighted by Gasteiger charge is -2.23. The summed E-state index contributed by atoms with van der Waals surface area (Å²) in [6.07, 6.45) is 3.05. The molecule has 0 unspecified atom stereocenters. The van der Waals surface area contributed by atoms with Gasteiger partial charge in [0, 0.05) is 31.2 Å². The van der Waals surface area contributed by atoms with Gasteiger partial charge in [0.25, 0.3) is 0 Å². The van der Waals surface area contributed by atoms with Gasteiger partial charge >= 0.3 is 0 Å². The monoisotopic (exact) mass is 234 g/mol. The van der Waals surface area contributed by atoms with Gasteiger partial charge in [0.2, 0.25) is 0 Å². The predicted octanol–water partition coefficient (Wildman–Crippen LogP) is 1.57. The van der Waals surface area contributed by atoms with Crippen molar-refractivity contribution >= 4 is 5.82 Å². The maximum Gasteiger partial charge on any atom is 0.135 e. The van der Waals surface area contributed by atoms with Gasteiger partial charge in [-0.15, -0.1) is 0 Å². The van der Waals surface area contributed by atoms with Gasteiger partial charge < -0.3 is 10.2 Å². The molecule has 1 saturated heterocycles. The largest absolute Gasteiger partial charge is 0.355 e. The summed E-state index contributed by atoms with van der Waals surface area (Å²) in [4.78, 5) is 11.4. The Hall–Kier alpha value is -1.16. The van der Waals surface area contributed by atoms with Crippen LogP contribution < -0.4 is 10.2 Å². The van der Waals surface area contributed by atoms with Crippen molar-refractivity contribution in [3.63, 3.8) is 0 Å². The molecule has 0 spiro atoms. The van der Waals surface area contributed by atoms with Crippen molar-refractivity contribution in [1.82, 2.24) is 15.3 Å². The summed E-state index contributed by atoms with van der Waals surface area (Å²) < 4.78 is 0. The van der Waals surface area contributed by atoms with E-state index in [-0.39, 0.29) is 5.41 Å². The molecule has 0 radical (unpaired) electrons. The van der Waals surface area contributed by atoms with Crippen LogP contribution in [0.4, 0.5) is 5.82 Å². The molecule has 2 heterocycles. The topological polar surface area (TPSA) is 41.1 Å². The lowest BCUT2D eigenvalue weighted by molar-refractivity contribution is 0.544. The molecule has 17 heavy (non-hydrogen) atoms. The van der Waals surface area contributed by atoms with Gasteiger partial charge in [0.15, 0.2) is 0 Å².